The van der Waals surface area contributed by atoms with E-state index in [-0.39, 0.29) is 18.1 Å². The van der Waals surface area contributed by atoms with Gasteiger partial charge in [-0.3, -0.25) is 9.59 Å². The molecular weight excluding hydrogens is 324 g/mol. The van der Waals surface area contributed by atoms with E-state index in [4.69, 9.17) is 9.15 Å². The number of alkyl halides is 2. The zero-order valence-corrected chi connectivity index (χ0v) is 13.3. The number of piperidine rings is 1. The minimum Gasteiger partial charge on any atom is -0.451 e. The predicted molar refractivity (Wildman–Crippen MR) is 77.5 cm³/mol. The van der Waals surface area contributed by atoms with Gasteiger partial charge in [0, 0.05) is 33.2 Å². The van der Waals surface area contributed by atoms with Crippen LogP contribution in [-0.4, -0.2) is 72.4 Å². The zero-order valence-electron chi connectivity index (χ0n) is 13.3. The normalized spacial score (nSPS) is 26.4. The van der Waals surface area contributed by atoms with Crippen molar-refractivity contribution < 1.29 is 27.5 Å². The number of rotatable bonds is 4. The van der Waals surface area contributed by atoms with Crippen molar-refractivity contribution in [3.63, 3.8) is 0 Å². The lowest BCUT2D eigenvalue weighted by atomic mass is 9.77. The van der Waals surface area contributed by atoms with Gasteiger partial charge in [-0.1, -0.05) is 0 Å². The molecule has 2 fully saturated rings. The van der Waals surface area contributed by atoms with Crippen molar-refractivity contribution in [1.82, 2.24) is 14.8 Å². The fourth-order valence-corrected chi connectivity index (χ4v) is 3.55. The van der Waals surface area contributed by atoms with Gasteiger partial charge in [-0.25, -0.2) is 13.8 Å². The van der Waals surface area contributed by atoms with Crippen LogP contribution in [-0.2, 0) is 9.53 Å². The summed E-state index contributed by atoms with van der Waals surface area (Å²) >= 11 is 0. The van der Waals surface area contributed by atoms with Crippen LogP contribution in [0.3, 0.4) is 0 Å². The van der Waals surface area contributed by atoms with E-state index in [1.165, 1.54) is 12.0 Å². The molecule has 7 nitrogen and oxygen atoms in total. The summed E-state index contributed by atoms with van der Waals surface area (Å²) in [6.07, 6.45) is 1.94. The first-order chi connectivity index (χ1) is 11.4. The van der Waals surface area contributed by atoms with E-state index in [0.717, 1.165) is 17.6 Å². The van der Waals surface area contributed by atoms with Crippen LogP contribution in [0.5, 0.6) is 0 Å². The average Bonchev–Trinajstić information content (AvgIpc) is 3.14. The molecule has 1 spiro atoms. The Balaban J connectivity index is 1.81. The average molecular weight is 343 g/mol. The Labute approximate surface area is 137 Å². The van der Waals surface area contributed by atoms with Crippen LogP contribution in [0.4, 0.5) is 8.78 Å². The Hall–Kier alpha value is -2.03. The summed E-state index contributed by atoms with van der Waals surface area (Å²) in [6.45, 7) is 0.354. The van der Waals surface area contributed by atoms with E-state index >= 15 is 0 Å². The standard InChI is InChI=1S/C15H19F2N3O4/c1-23-5-4-19-3-2-14(13(19)22)7-15(16,17)9-20(8-14)12(21)11-6-24-10-18-11/h6,10H,2-5,7-9H2,1H3/t14-/m1/s1. The molecular formula is C15H19F2N3O4. The summed E-state index contributed by atoms with van der Waals surface area (Å²) in [5, 5.41) is 0. The first-order valence-electron chi connectivity index (χ1n) is 7.70. The maximum atomic E-state index is 14.3. The summed E-state index contributed by atoms with van der Waals surface area (Å²) in [7, 11) is 1.52. The van der Waals surface area contributed by atoms with Gasteiger partial charge in [0.2, 0.25) is 5.91 Å². The number of methoxy groups -OCH3 is 1. The van der Waals surface area contributed by atoms with Crippen molar-refractivity contribution >= 4 is 11.8 Å². The highest BCUT2D eigenvalue weighted by Crippen LogP contribution is 2.45. The molecule has 0 radical (unpaired) electrons. The van der Waals surface area contributed by atoms with Gasteiger partial charge in [0.15, 0.2) is 12.1 Å². The molecule has 0 unspecified atom stereocenters. The first-order valence-corrected chi connectivity index (χ1v) is 7.70. The number of hydrogen-bond acceptors (Lipinski definition) is 5. The number of halogens is 2. The van der Waals surface area contributed by atoms with Crippen molar-refractivity contribution in [2.24, 2.45) is 5.41 Å². The Morgan fingerprint density at radius 2 is 2.25 bits per heavy atom. The molecule has 3 rings (SSSR count). The molecule has 24 heavy (non-hydrogen) atoms. The minimum atomic E-state index is -3.12. The van der Waals surface area contributed by atoms with Gasteiger partial charge < -0.3 is 19.0 Å². The molecule has 0 bridgehead atoms. The topological polar surface area (TPSA) is 75.9 Å². The van der Waals surface area contributed by atoms with E-state index in [9.17, 15) is 18.4 Å². The van der Waals surface area contributed by atoms with Gasteiger partial charge in [-0.05, 0) is 6.42 Å². The second-order valence-electron chi connectivity index (χ2n) is 6.38. The lowest BCUT2D eigenvalue weighted by molar-refractivity contribution is -0.151. The molecule has 3 heterocycles. The summed E-state index contributed by atoms with van der Waals surface area (Å²) in [4.78, 5) is 31.3. The second-order valence-corrected chi connectivity index (χ2v) is 6.38. The number of oxazole rings is 1. The molecule has 0 aromatic carbocycles. The fraction of sp³-hybridized carbons (Fsp3) is 0.667. The van der Waals surface area contributed by atoms with Gasteiger partial charge in [0.1, 0.15) is 6.26 Å². The number of likely N-dealkylation sites (tertiary alicyclic amines) is 2. The van der Waals surface area contributed by atoms with Crippen molar-refractivity contribution in [1.29, 1.82) is 0 Å². The van der Waals surface area contributed by atoms with Crippen LogP contribution in [0, 0.1) is 5.41 Å². The summed E-state index contributed by atoms with van der Waals surface area (Å²) in [6, 6.07) is 0. The predicted octanol–water partition coefficient (Wildman–Crippen LogP) is 1.02. The van der Waals surface area contributed by atoms with E-state index in [1.807, 2.05) is 0 Å². The smallest absolute Gasteiger partial charge is 0.276 e. The quantitative estimate of drug-likeness (QED) is 0.816. The molecule has 0 saturated carbocycles. The number of nitrogens with zero attached hydrogens (tertiary/aromatic N) is 3. The van der Waals surface area contributed by atoms with E-state index in [2.05, 4.69) is 4.98 Å². The van der Waals surface area contributed by atoms with Crippen LogP contribution in [0.2, 0.25) is 0 Å². The van der Waals surface area contributed by atoms with Gasteiger partial charge in [0.05, 0.1) is 18.6 Å². The van der Waals surface area contributed by atoms with Crippen molar-refractivity contribution in [2.45, 2.75) is 18.8 Å². The number of hydrogen-bond donors (Lipinski definition) is 0. The lowest BCUT2D eigenvalue weighted by Gasteiger charge is -2.42. The second kappa shape index (κ2) is 6.12. The Morgan fingerprint density at radius 1 is 1.46 bits per heavy atom. The van der Waals surface area contributed by atoms with E-state index in [1.54, 1.807) is 0 Å². The molecule has 132 valence electrons. The number of ether oxygens (including phenoxy) is 1. The summed E-state index contributed by atoms with van der Waals surface area (Å²) in [5.41, 5.74) is -1.28. The molecule has 1 aromatic heterocycles. The largest absolute Gasteiger partial charge is 0.451 e. The zero-order chi connectivity index (χ0) is 17.4. The first kappa shape index (κ1) is 16.8. The molecule has 1 atom stereocenters. The van der Waals surface area contributed by atoms with Gasteiger partial charge >= 0.3 is 0 Å². The van der Waals surface area contributed by atoms with Crippen LogP contribution in [0.25, 0.3) is 0 Å². The Kier molecular flexibility index (Phi) is 4.29. The van der Waals surface area contributed by atoms with Gasteiger partial charge in [0.25, 0.3) is 11.8 Å². The van der Waals surface area contributed by atoms with Crippen LogP contribution >= 0.6 is 0 Å². The molecule has 1 aromatic rings. The molecule has 2 amide bonds. The van der Waals surface area contributed by atoms with Crippen LogP contribution in [0.1, 0.15) is 23.3 Å². The molecule has 2 aliphatic rings. The Bertz CT molecular complexity index is 622. The van der Waals surface area contributed by atoms with Crippen LogP contribution < -0.4 is 0 Å². The third-order valence-corrected chi connectivity index (χ3v) is 4.62. The minimum absolute atomic E-state index is 0.0312. The van der Waals surface area contributed by atoms with Crippen molar-refractivity contribution in [3.8, 4) is 0 Å². The third-order valence-electron chi connectivity index (χ3n) is 4.62. The summed E-state index contributed by atoms with van der Waals surface area (Å²) in [5.74, 6) is -4.10. The highest BCUT2D eigenvalue weighted by Gasteiger charge is 2.57. The van der Waals surface area contributed by atoms with Crippen molar-refractivity contribution in [3.05, 3.63) is 18.4 Å². The molecule has 2 aliphatic heterocycles. The SMILES string of the molecule is COCCN1CC[C@@]2(CN(C(=O)c3cocn3)CC(F)(F)C2)C1=O. The third kappa shape index (κ3) is 3.00. The van der Waals surface area contributed by atoms with E-state index in [0.29, 0.717) is 26.1 Å². The highest BCUT2D eigenvalue weighted by atomic mass is 19.3. The summed E-state index contributed by atoms with van der Waals surface area (Å²) < 4.78 is 38.2. The molecule has 0 N–H and O–H groups in total. The number of aromatic nitrogens is 1. The van der Waals surface area contributed by atoms with Gasteiger partial charge in [-0.2, -0.15) is 0 Å². The molecule has 2 saturated heterocycles. The van der Waals surface area contributed by atoms with Crippen LogP contribution in [0.15, 0.2) is 17.1 Å². The highest BCUT2D eigenvalue weighted by molar-refractivity contribution is 5.93. The maximum Gasteiger partial charge on any atom is 0.276 e. The van der Waals surface area contributed by atoms with Crippen molar-refractivity contribution in [2.75, 3.05) is 39.9 Å². The van der Waals surface area contributed by atoms with Gasteiger partial charge in [-0.15, -0.1) is 0 Å². The maximum absolute atomic E-state index is 14.3. The number of carbonyl (C=O) groups is 2. The number of amides is 2. The number of carbonyl (C=O) groups excluding carboxylic acids is 2. The monoisotopic (exact) mass is 343 g/mol. The lowest BCUT2D eigenvalue weighted by Crippen LogP contribution is -2.57. The Morgan fingerprint density at radius 3 is 2.92 bits per heavy atom. The molecule has 0 aliphatic carbocycles. The fourth-order valence-electron chi connectivity index (χ4n) is 3.55. The van der Waals surface area contributed by atoms with E-state index < -0.39 is 30.2 Å². The molecule has 9 heteroatoms.